The second-order valence-corrected chi connectivity index (χ2v) is 6.42. The number of carboxylic acids is 1. The first-order valence-corrected chi connectivity index (χ1v) is 8.78. The number of ether oxygens (including phenoxy) is 2. The maximum Gasteiger partial charge on any atom is 0.335 e. The molecule has 0 saturated carbocycles. The molecular weight excluding hydrogens is 394 g/mol. The monoisotopic (exact) mass is 409 g/mol. The van der Waals surface area contributed by atoms with Gasteiger partial charge in [0.25, 0.3) is 5.91 Å². The van der Waals surface area contributed by atoms with Crippen LogP contribution in [0.15, 0.2) is 48.2 Å². The number of rotatable bonds is 5. The normalized spacial score (nSPS) is 16.0. The number of amides is 4. The van der Waals surface area contributed by atoms with E-state index in [1.165, 1.54) is 30.3 Å². The molecule has 0 aromatic heterocycles. The molecule has 30 heavy (non-hydrogen) atoms. The van der Waals surface area contributed by atoms with E-state index in [2.05, 4.69) is 10.6 Å². The third-order valence-corrected chi connectivity index (χ3v) is 4.39. The minimum atomic E-state index is -1.07. The third kappa shape index (κ3) is 3.78. The lowest BCUT2D eigenvalue weighted by atomic mass is 10.1. The van der Waals surface area contributed by atoms with Gasteiger partial charge in [-0.15, -0.1) is 0 Å². The molecule has 10 nitrogen and oxygen atoms in total. The number of carbonyl (C=O) groups excluding carboxylic acids is 3. The number of urea groups is 1. The van der Waals surface area contributed by atoms with Crippen molar-refractivity contribution in [3.8, 4) is 11.5 Å². The molecule has 0 radical (unpaired) electrons. The number of aromatic carboxylic acids is 1. The predicted octanol–water partition coefficient (Wildman–Crippen LogP) is 1.64. The van der Waals surface area contributed by atoms with Gasteiger partial charge >= 0.3 is 12.0 Å². The third-order valence-electron chi connectivity index (χ3n) is 4.39. The SMILES string of the molecule is O=C(CN1C(=O)N/C(=C\c2ccc(C(=O)O)cc2)C1=O)Nc1ccc2c(c1)OCO2. The van der Waals surface area contributed by atoms with E-state index in [0.29, 0.717) is 22.7 Å². The molecule has 10 heteroatoms. The van der Waals surface area contributed by atoms with Crippen molar-refractivity contribution in [1.82, 2.24) is 10.2 Å². The number of hydrogen-bond acceptors (Lipinski definition) is 6. The van der Waals surface area contributed by atoms with Crippen LogP contribution in [0.5, 0.6) is 11.5 Å². The fraction of sp³-hybridized carbons (Fsp3) is 0.100. The summed E-state index contributed by atoms with van der Waals surface area (Å²) in [4.78, 5) is 48.6. The van der Waals surface area contributed by atoms with Crippen LogP contribution in [-0.2, 0) is 9.59 Å². The zero-order chi connectivity index (χ0) is 21.3. The number of carboxylic acid groups (broad SMARTS) is 1. The molecule has 2 aliphatic heterocycles. The summed E-state index contributed by atoms with van der Waals surface area (Å²) in [5, 5.41) is 13.9. The summed E-state index contributed by atoms with van der Waals surface area (Å²) in [5.74, 6) is -1.25. The van der Waals surface area contributed by atoms with Crippen molar-refractivity contribution < 1.29 is 33.8 Å². The van der Waals surface area contributed by atoms with E-state index in [1.807, 2.05) is 0 Å². The summed E-state index contributed by atoms with van der Waals surface area (Å²) in [6.07, 6.45) is 1.40. The van der Waals surface area contributed by atoms with Crippen LogP contribution in [0.4, 0.5) is 10.5 Å². The Hall–Kier alpha value is -4.34. The fourth-order valence-electron chi connectivity index (χ4n) is 2.92. The summed E-state index contributed by atoms with van der Waals surface area (Å²) in [5.41, 5.74) is 1.04. The van der Waals surface area contributed by atoms with Crippen LogP contribution >= 0.6 is 0 Å². The van der Waals surface area contributed by atoms with Crippen LogP contribution in [0.25, 0.3) is 6.08 Å². The number of imide groups is 1. The smallest absolute Gasteiger partial charge is 0.335 e. The van der Waals surface area contributed by atoms with Gasteiger partial charge in [-0.3, -0.25) is 9.59 Å². The van der Waals surface area contributed by atoms with Crippen molar-refractivity contribution in [2.45, 2.75) is 0 Å². The van der Waals surface area contributed by atoms with Gasteiger partial charge in [0.1, 0.15) is 12.2 Å². The first-order valence-electron chi connectivity index (χ1n) is 8.78. The van der Waals surface area contributed by atoms with Gasteiger partial charge < -0.3 is 25.2 Å². The van der Waals surface area contributed by atoms with Crippen LogP contribution in [0.1, 0.15) is 15.9 Å². The van der Waals surface area contributed by atoms with Crippen molar-refractivity contribution in [3.05, 3.63) is 59.3 Å². The van der Waals surface area contributed by atoms with Gasteiger partial charge in [-0.1, -0.05) is 12.1 Å². The first-order chi connectivity index (χ1) is 14.4. The molecule has 152 valence electrons. The largest absolute Gasteiger partial charge is 0.478 e. The molecule has 0 aliphatic carbocycles. The van der Waals surface area contributed by atoms with E-state index in [1.54, 1.807) is 18.2 Å². The minimum Gasteiger partial charge on any atom is -0.478 e. The molecule has 1 saturated heterocycles. The number of benzene rings is 2. The van der Waals surface area contributed by atoms with Gasteiger partial charge in [-0.05, 0) is 35.9 Å². The lowest BCUT2D eigenvalue weighted by Gasteiger charge is -2.12. The fourth-order valence-corrected chi connectivity index (χ4v) is 2.92. The molecule has 0 bridgehead atoms. The highest BCUT2D eigenvalue weighted by Gasteiger charge is 2.35. The Bertz CT molecular complexity index is 1090. The second-order valence-electron chi connectivity index (χ2n) is 6.42. The average Bonchev–Trinajstić information content (AvgIpc) is 3.28. The van der Waals surface area contributed by atoms with Crippen molar-refractivity contribution in [1.29, 1.82) is 0 Å². The van der Waals surface area contributed by atoms with Crippen molar-refractivity contribution in [2.75, 3.05) is 18.7 Å². The number of hydrogen-bond donors (Lipinski definition) is 3. The summed E-state index contributed by atoms with van der Waals surface area (Å²) in [6, 6.07) is 9.88. The van der Waals surface area contributed by atoms with Gasteiger partial charge in [-0.2, -0.15) is 0 Å². The van der Waals surface area contributed by atoms with E-state index in [0.717, 1.165) is 4.90 Å². The van der Waals surface area contributed by atoms with Crippen molar-refractivity contribution in [2.24, 2.45) is 0 Å². The Morgan fingerprint density at radius 3 is 2.57 bits per heavy atom. The van der Waals surface area contributed by atoms with Crippen LogP contribution in [0, 0.1) is 0 Å². The summed E-state index contributed by atoms with van der Waals surface area (Å²) in [6.45, 7) is -0.377. The highest BCUT2D eigenvalue weighted by atomic mass is 16.7. The Labute approximate surface area is 169 Å². The topological polar surface area (TPSA) is 134 Å². The number of nitrogens with zero attached hydrogens (tertiary/aromatic N) is 1. The molecule has 2 aromatic carbocycles. The van der Waals surface area contributed by atoms with Crippen LogP contribution in [0.3, 0.4) is 0 Å². The minimum absolute atomic E-state index is 0.0149. The zero-order valence-corrected chi connectivity index (χ0v) is 15.4. The number of nitrogens with one attached hydrogen (secondary N) is 2. The second kappa shape index (κ2) is 7.59. The quantitative estimate of drug-likeness (QED) is 0.505. The van der Waals surface area contributed by atoms with Crippen LogP contribution in [0.2, 0.25) is 0 Å². The molecule has 4 amide bonds. The number of carbonyl (C=O) groups is 4. The highest BCUT2D eigenvalue weighted by Crippen LogP contribution is 2.34. The van der Waals surface area contributed by atoms with Gasteiger partial charge in [-0.25, -0.2) is 14.5 Å². The van der Waals surface area contributed by atoms with Crippen molar-refractivity contribution in [3.63, 3.8) is 0 Å². The molecule has 0 spiro atoms. The first kappa shape index (κ1) is 19.0. The molecule has 4 rings (SSSR count). The maximum atomic E-state index is 12.5. The Morgan fingerprint density at radius 2 is 1.83 bits per heavy atom. The molecule has 2 heterocycles. The number of anilines is 1. The van der Waals surface area contributed by atoms with Gasteiger partial charge in [0.05, 0.1) is 5.56 Å². The Kier molecular flexibility index (Phi) is 4.80. The standard InChI is InChI=1S/C20H15N3O7/c24-17(21-13-5-6-15-16(8-13)30-10-29-15)9-23-18(25)14(22-20(23)28)7-11-1-3-12(4-2-11)19(26)27/h1-8H,9-10H2,(H,21,24)(H,22,28)(H,26,27)/b14-7-. The van der Waals surface area contributed by atoms with E-state index in [-0.39, 0.29) is 18.1 Å². The molecule has 0 atom stereocenters. The number of fused-ring (bicyclic) bond motifs is 1. The van der Waals surface area contributed by atoms with Gasteiger partial charge in [0.15, 0.2) is 11.5 Å². The highest BCUT2D eigenvalue weighted by molar-refractivity contribution is 6.16. The van der Waals surface area contributed by atoms with Gasteiger partial charge in [0, 0.05) is 11.8 Å². The zero-order valence-electron chi connectivity index (χ0n) is 15.4. The van der Waals surface area contributed by atoms with Crippen molar-refractivity contribution >= 4 is 35.6 Å². The maximum absolute atomic E-state index is 12.5. The average molecular weight is 409 g/mol. The van der Waals surface area contributed by atoms with E-state index < -0.39 is 30.4 Å². The molecule has 2 aromatic rings. The lowest BCUT2D eigenvalue weighted by molar-refractivity contribution is -0.127. The van der Waals surface area contributed by atoms with E-state index in [9.17, 15) is 19.2 Å². The van der Waals surface area contributed by atoms with Gasteiger partial charge in [0.2, 0.25) is 12.7 Å². The Balaban J connectivity index is 1.42. The van der Waals surface area contributed by atoms with Crippen LogP contribution in [-0.4, -0.2) is 47.2 Å². The molecule has 1 fully saturated rings. The van der Waals surface area contributed by atoms with Crippen LogP contribution < -0.4 is 20.1 Å². The van der Waals surface area contributed by atoms with E-state index >= 15 is 0 Å². The predicted molar refractivity (Wildman–Crippen MR) is 103 cm³/mol. The molecule has 2 aliphatic rings. The molecule has 3 N–H and O–H groups in total. The van der Waals surface area contributed by atoms with E-state index in [4.69, 9.17) is 14.6 Å². The summed E-state index contributed by atoms with van der Waals surface area (Å²) >= 11 is 0. The molecule has 0 unspecified atom stereocenters. The summed E-state index contributed by atoms with van der Waals surface area (Å²) in [7, 11) is 0. The molecular formula is C20H15N3O7. The Morgan fingerprint density at radius 1 is 1.10 bits per heavy atom. The summed E-state index contributed by atoms with van der Waals surface area (Å²) < 4.78 is 10.4. The lowest BCUT2D eigenvalue weighted by Crippen LogP contribution is -2.38.